The van der Waals surface area contributed by atoms with Gasteiger partial charge in [0.25, 0.3) is 0 Å². The highest BCUT2D eigenvalue weighted by molar-refractivity contribution is 5.87. The number of carbonyl (C=O) groups is 1. The molecule has 2 aromatic rings. The lowest BCUT2D eigenvalue weighted by molar-refractivity contribution is 0.112. The van der Waals surface area contributed by atoms with Crippen LogP contribution in [-0.4, -0.2) is 12.8 Å². The normalized spacial score (nSPS) is 13.4. The van der Waals surface area contributed by atoms with E-state index in [-0.39, 0.29) is 0 Å². The van der Waals surface area contributed by atoms with Crippen molar-refractivity contribution in [2.24, 2.45) is 0 Å². The van der Waals surface area contributed by atoms with Crippen LogP contribution in [0.5, 0.6) is 0 Å². The largest absolute Gasteiger partial charge is 0.366 e. The number of aldehydes is 1. The Morgan fingerprint density at radius 2 is 1.89 bits per heavy atom. The van der Waals surface area contributed by atoms with Crippen molar-refractivity contribution in [1.29, 1.82) is 0 Å². The number of anilines is 1. The molecule has 0 radical (unpaired) electrons. The summed E-state index contributed by atoms with van der Waals surface area (Å²) in [5, 5.41) is 0. The van der Waals surface area contributed by atoms with Gasteiger partial charge in [0.2, 0.25) is 0 Å². The van der Waals surface area contributed by atoms with E-state index >= 15 is 0 Å². The van der Waals surface area contributed by atoms with E-state index in [0.29, 0.717) is 0 Å². The van der Waals surface area contributed by atoms with Crippen LogP contribution in [-0.2, 0) is 13.0 Å². The van der Waals surface area contributed by atoms with E-state index in [0.717, 1.165) is 37.0 Å². The van der Waals surface area contributed by atoms with Gasteiger partial charge in [0.05, 0.1) is 5.69 Å². The van der Waals surface area contributed by atoms with E-state index in [4.69, 9.17) is 0 Å². The van der Waals surface area contributed by atoms with Gasteiger partial charge in [-0.25, -0.2) is 0 Å². The molecule has 1 aliphatic rings. The Labute approximate surface area is 107 Å². The molecule has 2 nitrogen and oxygen atoms in total. The molecular formula is C16H15NO. The summed E-state index contributed by atoms with van der Waals surface area (Å²) in [6.45, 7) is 1.87. The van der Waals surface area contributed by atoms with Crippen molar-refractivity contribution in [3.63, 3.8) is 0 Å². The van der Waals surface area contributed by atoms with Crippen LogP contribution in [0.15, 0.2) is 48.5 Å². The summed E-state index contributed by atoms with van der Waals surface area (Å²) in [4.78, 5) is 13.4. The number of fused-ring (bicyclic) bond motifs is 1. The molecule has 1 heterocycles. The maximum absolute atomic E-state index is 11.1. The maximum Gasteiger partial charge on any atom is 0.152 e. The van der Waals surface area contributed by atoms with E-state index in [2.05, 4.69) is 35.2 Å². The molecule has 0 aromatic heterocycles. The molecule has 0 saturated carbocycles. The zero-order valence-electron chi connectivity index (χ0n) is 10.2. The van der Waals surface area contributed by atoms with Crippen molar-refractivity contribution < 1.29 is 4.79 Å². The number of carbonyl (C=O) groups excluding carboxylic acids is 1. The molecule has 18 heavy (non-hydrogen) atoms. The van der Waals surface area contributed by atoms with E-state index in [1.165, 1.54) is 11.1 Å². The first-order chi connectivity index (χ1) is 8.88. The highest BCUT2D eigenvalue weighted by Gasteiger charge is 2.21. The Hall–Kier alpha value is -2.09. The highest BCUT2D eigenvalue weighted by atomic mass is 16.1. The topological polar surface area (TPSA) is 20.3 Å². The fourth-order valence-corrected chi connectivity index (χ4v) is 2.62. The Morgan fingerprint density at radius 3 is 2.67 bits per heavy atom. The van der Waals surface area contributed by atoms with Crippen molar-refractivity contribution in [3.05, 3.63) is 65.2 Å². The van der Waals surface area contributed by atoms with Gasteiger partial charge in [0.1, 0.15) is 0 Å². The molecule has 0 N–H and O–H groups in total. The second-order valence-corrected chi connectivity index (χ2v) is 4.63. The lowest BCUT2D eigenvalue weighted by Gasteiger charge is -2.20. The second-order valence-electron chi connectivity index (χ2n) is 4.63. The molecule has 0 aliphatic carbocycles. The van der Waals surface area contributed by atoms with Gasteiger partial charge in [-0.2, -0.15) is 0 Å². The zero-order chi connectivity index (χ0) is 12.4. The lowest BCUT2D eigenvalue weighted by Crippen LogP contribution is -2.20. The van der Waals surface area contributed by atoms with Gasteiger partial charge in [-0.3, -0.25) is 4.79 Å². The predicted octanol–water partition coefficient (Wildman–Crippen LogP) is 3.06. The molecule has 0 bridgehead atoms. The van der Waals surface area contributed by atoms with Crippen molar-refractivity contribution in [1.82, 2.24) is 0 Å². The first-order valence-corrected chi connectivity index (χ1v) is 6.24. The minimum absolute atomic E-state index is 0.806. The summed E-state index contributed by atoms with van der Waals surface area (Å²) in [5.74, 6) is 0. The minimum Gasteiger partial charge on any atom is -0.366 e. The molecule has 0 atom stereocenters. The maximum atomic E-state index is 11.1. The quantitative estimate of drug-likeness (QED) is 0.765. The number of hydrogen-bond acceptors (Lipinski definition) is 2. The Morgan fingerprint density at radius 1 is 1.06 bits per heavy atom. The summed E-state index contributed by atoms with van der Waals surface area (Å²) in [6, 6.07) is 16.4. The molecule has 2 heteroatoms. The van der Waals surface area contributed by atoms with Gasteiger partial charge in [-0.05, 0) is 23.6 Å². The van der Waals surface area contributed by atoms with Crippen LogP contribution >= 0.6 is 0 Å². The molecule has 0 amide bonds. The fourth-order valence-electron chi connectivity index (χ4n) is 2.62. The molecule has 1 aliphatic heterocycles. The van der Waals surface area contributed by atoms with Crippen molar-refractivity contribution in [2.75, 3.05) is 11.4 Å². The summed E-state index contributed by atoms with van der Waals surface area (Å²) < 4.78 is 0. The third-order valence-electron chi connectivity index (χ3n) is 3.46. The van der Waals surface area contributed by atoms with Crippen LogP contribution in [0.1, 0.15) is 21.5 Å². The molecular weight excluding hydrogens is 222 g/mol. The zero-order valence-corrected chi connectivity index (χ0v) is 10.2. The Bertz CT molecular complexity index is 563. The summed E-state index contributed by atoms with van der Waals surface area (Å²) in [6.07, 6.45) is 1.99. The third-order valence-corrected chi connectivity index (χ3v) is 3.46. The number of rotatable bonds is 3. The van der Waals surface area contributed by atoms with Gasteiger partial charge >= 0.3 is 0 Å². The highest BCUT2D eigenvalue weighted by Crippen LogP contribution is 2.32. The average molecular weight is 237 g/mol. The second kappa shape index (κ2) is 4.65. The van der Waals surface area contributed by atoms with Gasteiger partial charge in [0, 0.05) is 18.7 Å². The third kappa shape index (κ3) is 1.90. The van der Waals surface area contributed by atoms with Crippen LogP contribution < -0.4 is 4.90 Å². The van der Waals surface area contributed by atoms with Gasteiger partial charge < -0.3 is 4.90 Å². The molecule has 3 rings (SSSR count). The van der Waals surface area contributed by atoms with Gasteiger partial charge in [-0.1, -0.05) is 42.5 Å². The monoisotopic (exact) mass is 237 g/mol. The number of para-hydroxylation sites is 1. The van der Waals surface area contributed by atoms with Crippen LogP contribution in [0.25, 0.3) is 0 Å². The van der Waals surface area contributed by atoms with Crippen LogP contribution in [0.4, 0.5) is 5.69 Å². The molecule has 0 fully saturated rings. The van der Waals surface area contributed by atoms with Crippen LogP contribution in [0.3, 0.4) is 0 Å². The van der Waals surface area contributed by atoms with E-state index < -0.39 is 0 Å². The number of benzene rings is 2. The van der Waals surface area contributed by atoms with Gasteiger partial charge in [0.15, 0.2) is 6.29 Å². The van der Waals surface area contributed by atoms with Crippen LogP contribution in [0, 0.1) is 0 Å². The van der Waals surface area contributed by atoms with E-state index in [1.54, 1.807) is 0 Å². The van der Waals surface area contributed by atoms with Crippen molar-refractivity contribution in [3.8, 4) is 0 Å². The molecule has 2 aromatic carbocycles. The first kappa shape index (κ1) is 11.0. The average Bonchev–Trinajstić information content (AvgIpc) is 2.83. The lowest BCUT2D eigenvalue weighted by atomic mass is 10.1. The Kier molecular flexibility index (Phi) is 2.85. The predicted molar refractivity (Wildman–Crippen MR) is 73.0 cm³/mol. The summed E-state index contributed by atoms with van der Waals surface area (Å²) in [7, 11) is 0. The van der Waals surface area contributed by atoms with Crippen LogP contribution in [0.2, 0.25) is 0 Å². The fraction of sp³-hybridized carbons (Fsp3) is 0.188. The SMILES string of the molecule is O=Cc1cccc2c1N(Cc1ccccc1)CC2. The van der Waals surface area contributed by atoms with Crippen molar-refractivity contribution >= 4 is 12.0 Å². The van der Waals surface area contributed by atoms with E-state index in [9.17, 15) is 4.79 Å². The van der Waals surface area contributed by atoms with E-state index in [1.807, 2.05) is 18.2 Å². The number of nitrogens with zero attached hydrogens (tertiary/aromatic N) is 1. The molecule has 90 valence electrons. The summed E-state index contributed by atoms with van der Waals surface area (Å²) >= 11 is 0. The molecule has 0 saturated heterocycles. The number of hydrogen-bond donors (Lipinski definition) is 0. The smallest absolute Gasteiger partial charge is 0.152 e. The van der Waals surface area contributed by atoms with Crippen molar-refractivity contribution in [2.45, 2.75) is 13.0 Å². The molecule has 0 unspecified atom stereocenters. The summed E-state index contributed by atoms with van der Waals surface area (Å²) in [5.41, 5.74) is 4.50. The first-order valence-electron chi connectivity index (χ1n) is 6.24. The molecule has 0 spiro atoms. The standard InChI is InChI=1S/C16H15NO/c18-12-15-8-4-7-14-9-10-17(16(14)15)11-13-5-2-1-3-6-13/h1-8,12H,9-11H2. The van der Waals surface area contributed by atoms with Gasteiger partial charge in [-0.15, -0.1) is 0 Å². The Balaban J connectivity index is 1.93. The minimum atomic E-state index is 0.806.